The maximum Gasteiger partial charge on any atom is 0.251 e. The molecule has 2 rings (SSSR count). The molecule has 3 nitrogen and oxygen atoms in total. The molecule has 0 aliphatic heterocycles. The Labute approximate surface area is 133 Å². The minimum Gasteiger partial charge on any atom is -0.366 e. The van der Waals surface area contributed by atoms with E-state index in [9.17, 15) is 4.79 Å². The van der Waals surface area contributed by atoms with E-state index in [0.717, 1.165) is 35.5 Å². The van der Waals surface area contributed by atoms with E-state index < -0.39 is 0 Å². The number of primary amides is 1. The van der Waals surface area contributed by atoms with Crippen LogP contribution in [0.5, 0.6) is 0 Å². The predicted octanol–water partition coefficient (Wildman–Crippen LogP) is 4.23. The molecule has 118 valence electrons. The van der Waals surface area contributed by atoms with Crippen LogP contribution >= 0.6 is 0 Å². The smallest absolute Gasteiger partial charge is 0.251 e. The number of aryl methyl sites for hydroxylation is 1. The zero-order valence-corrected chi connectivity index (χ0v) is 14.2. The van der Waals surface area contributed by atoms with Crippen LogP contribution < -0.4 is 5.73 Å². The van der Waals surface area contributed by atoms with E-state index in [-0.39, 0.29) is 5.91 Å². The molecule has 1 heterocycles. The van der Waals surface area contributed by atoms with Crippen molar-refractivity contribution in [3.05, 3.63) is 46.8 Å². The second-order valence-electron chi connectivity index (χ2n) is 6.49. The van der Waals surface area contributed by atoms with Gasteiger partial charge in [-0.15, -0.1) is 0 Å². The summed E-state index contributed by atoms with van der Waals surface area (Å²) in [5, 5.41) is 0. The van der Waals surface area contributed by atoms with Crippen molar-refractivity contribution in [2.75, 3.05) is 0 Å². The number of benzene rings is 1. The number of hydrogen-bond donors (Lipinski definition) is 1. The van der Waals surface area contributed by atoms with E-state index in [4.69, 9.17) is 5.73 Å². The second-order valence-corrected chi connectivity index (χ2v) is 6.49. The number of rotatable bonds is 5. The molecular formula is C19H26N2O. The number of aromatic nitrogens is 1. The molecule has 0 saturated carbocycles. The highest BCUT2D eigenvalue weighted by Gasteiger charge is 2.22. The topological polar surface area (TPSA) is 48.0 Å². The van der Waals surface area contributed by atoms with Crippen LogP contribution in [0.4, 0.5) is 0 Å². The van der Waals surface area contributed by atoms with Gasteiger partial charge < -0.3 is 10.3 Å². The number of nitrogens with zero attached hydrogens (tertiary/aromatic N) is 1. The molecule has 0 saturated heterocycles. The molecule has 3 heteroatoms. The van der Waals surface area contributed by atoms with E-state index in [1.54, 1.807) is 0 Å². The maximum absolute atomic E-state index is 12.0. The van der Waals surface area contributed by atoms with Crippen molar-refractivity contribution < 1.29 is 4.79 Å². The Hall–Kier alpha value is -2.03. The minimum absolute atomic E-state index is 0.348. The maximum atomic E-state index is 12.0. The summed E-state index contributed by atoms with van der Waals surface area (Å²) in [4.78, 5) is 12.0. The Morgan fingerprint density at radius 3 is 2.18 bits per heavy atom. The van der Waals surface area contributed by atoms with Crippen LogP contribution in [0.3, 0.4) is 0 Å². The second kappa shape index (κ2) is 6.39. The van der Waals surface area contributed by atoms with Gasteiger partial charge in [0, 0.05) is 23.5 Å². The van der Waals surface area contributed by atoms with Gasteiger partial charge >= 0.3 is 0 Å². The van der Waals surface area contributed by atoms with Crippen molar-refractivity contribution in [1.82, 2.24) is 4.57 Å². The van der Waals surface area contributed by atoms with E-state index in [1.165, 1.54) is 5.56 Å². The number of carbonyl (C=O) groups is 1. The van der Waals surface area contributed by atoms with E-state index >= 15 is 0 Å². The molecule has 0 spiro atoms. The molecule has 0 bridgehead atoms. The Kier molecular flexibility index (Phi) is 4.74. The van der Waals surface area contributed by atoms with Gasteiger partial charge in [0.15, 0.2) is 0 Å². The van der Waals surface area contributed by atoms with Crippen LogP contribution in [0, 0.1) is 26.7 Å². The van der Waals surface area contributed by atoms with Gasteiger partial charge in [0.25, 0.3) is 5.91 Å². The zero-order chi connectivity index (χ0) is 16.4. The fourth-order valence-corrected chi connectivity index (χ4v) is 2.98. The Bertz CT molecular complexity index is 678. The minimum atomic E-state index is -0.348. The largest absolute Gasteiger partial charge is 0.366 e. The van der Waals surface area contributed by atoms with Gasteiger partial charge in [-0.25, -0.2) is 0 Å². The average molecular weight is 298 g/mol. The fraction of sp³-hybridized carbons (Fsp3) is 0.421. The summed E-state index contributed by atoms with van der Waals surface area (Å²) in [6.07, 6.45) is 1.09. The molecule has 0 aliphatic carbocycles. The summed E-state index contributed by atoms with van der Waals surface area (Å²) in [6.45, 7) is 11.5. The Morgan fingerprint density at radius 1 is 1.09 bits per heavy atom. The van der Waals surface area contributed by atoms with Gasteiger partial charge in [-0.3, -0.25) is 4.79 Å². The van der Waals surface area contributed by atoms with Crippen LogP contribution in [0.2, 0.25) is 0 Å². The molecule has 0 atom stereocenters. The molecule has 22 heavy (non-hydrogen) atoms. The molecule has 1 aromatic heterocycles. The van der Waals surface area contributed by atoms with E-state index in [2.05, 4.69) is 56.5 Å². The average Bonchev–Trinajstić information content (AvgIpc) is 2.69. The first kappa shape index (κ1) is 16.3. The summed E-state index contributed by atoms with van der Waals surface area (Å²) < 4.78 is 2.23. The lowest BCUT2D eigenvalue weighted by molar-refractivity contribution is 0.1000. The molecular weight excluding hydrogens is 272 g/mol. The number of carbonyl (C=O) groups excluding carboxylic acids is 1. The summed E-state index contributed by atoms with van der Waals surface area (Å²) in [5.41, 5.74) is 11.7. The van der Waals surface area contributed by atoms with E-state index in [1.807, 2.05) is 6.92 Å². The van der Waals surface area contributed by atoms with Gasteiger partial charge in [0.05, 0.1) is 5.56 Å². The number of nitrogens with two attached hydrogens (primary N) is 1. The standard InChI is InChI=1S/C19H26N2O/c1-12(2)10-11-21-14(4)17(18(15(21)5)19(20)22)16-8-6-13(3)7-9-16/h6-9,12H,10-11H2,1-5H3,(H2,20,22). The van der Waals surface area contributed by atoms with Crippen LogP contribution in [-0.4, -0.2) is 10.5 Å². The third kappa shape index (κ3) is 3.08. The van der Waals surface area contributed by atoms with Crippen molar-refractivity contribution in [3.8, 4) is 11.1 Å². The third-order valence-corrected chi connectivity index (χ3v) is 4.30. The van der Waals surface area contributed by atoms with Crippen molar-refractivity contribution in [2.45, 2.75) is 47.6 Å². The van der Waals surface area contributed by atoms with Crippen molar-refractivity contribution in [2.24, 2.45) is 11.7 Å². The lowest BCUT2D eigenvalue weighted by atomic mass is 9.99. The van der Waals surface area contributed by atoms with Gasteiger partial charge in [-0.1, -0.05) is 43.7 Å². The number of amides is 1. The highest BCUT2D eigenvalue weighted by Crippen LogP contribution is 2.32. The predicted molar refractivity (Wildman–Crippen MR) is 92.1 cm³/mol. The molecule has 2 aromatic rings. The van der Waals surface area contributed by atoms with E-state index in [0.29, 0.717) is 11.5 Å². The SMILES string of the molecule is Cc1ccc(-c2c(C(N)=O)c(C)n(CCC(C)C)c2C)cc1. The Morgan fingerprint density at radius 2 is 1.68 bits per heavy atom. The van der Waals surface area contributed by atoms with Gasteiger partial charge in [-0.2, -0.15) is 0 Å². The molecule has 1 aromatic carbocycles. The molecule has 2 N–H and O–H groups in total. The highest BCUT2D eigenvalue weighted by molar-refractivity contribution is 6.02. The molecule has 1 amide bonds. The normalized spacial score (nSPS) is 11.2. The van der Waals surface area contributed by atoms with Crippen LogP contribution in [0.15, 0.2) is 24.3 Å². The lowest BCUT2D eigenvalue weighted by Crippen LogP contribution is -2.13. The van der Waals surface area contributed by atoms with Gasteiger partial charge in [0.1, 0.15) is 0 Å². The zero-order valence-electron chi connectivity index (χ0n) is 14.2. The lowest BCUT2D eigenvalue weighted by Gasteiger charge is -2.11. The van der Waals surface area contributed by atoms with Crippen LogP contribution in [0.1, 0.15) is 47.6 Å². The molecule has 0 aliphatic rings. The summed E-state index contributed by atoms with van der Waals surface area (Å²) in [7, 11) is 0. The summed E-state index contributed by atoms with van der Waals surface area (Å²) >= 11 is 0. The molecule has 0 fully saturated rings. The summed E-state index contributed by atoms with van der Waals surface area (Å²) in [6, 6.07) is 8.27. The van der Waals surface area contributed by atoms with Crippen molar-refractivity contribution in [3.63, 3.8) is 0 Å². The van der Waals surface area contributed by atoms with Crippen molar-refractivity contribution in [1.29, 1.82) is 0 Å². The van der Waals surface area contributed by atoms with Gasteiger partial charge in [0.2, 0.25) is 0 Å². The summed E-state index contributed by atoms with van der Waals surface area (Å²) in [5.74, 6) is 0.278. The van der Waals surface area contributed by atoms with Crippen molar-refractivity contribution >= 4 is 5.91 Å². The quantitative estimate of drug-likeness (QED) is 0.882. The third-order valence-electron chi connectivity index (χ3n) is 4.30. The Balaban J connectivity index is 2.59. The number of hydrogen-bond acceptors (Lipinski definition) is 1. The first-order chi connectivity index (χ1) is 10.3. The van der Waals surface area contributed by atoms with Gasteiger partial charge in [-0.05, 0) is 38.7 Å². The fourth-order valence-electron chi connectivity index (χ4n) is 2.98. The van der Waals surface area contributed by atoms with Crippen LogP contribution in [-0.2, 0) is 6.54 Å². The monoisotopic (exact) mass is 298 g/mol. The molecule has 0 radical (unpaired) electrons. The first-order valence-electron chi connectivity index (χ1n) is 7.89. The highest BCUT2D eigenvalue weighted by atomic mass is 16.1. The van der Waals surface area contributed by atoms with Crippen LogP contribution in [0.25, 0.3) is 11.1 Å². The molecule has 0 unspecified atom stereocenters. The first-order valence-corrected chi connectivity index (χ1v) is 7.89.